The zero-order valence-corrected chi connectivity index (χ0v) is 11.0. The van der Waals surface area contributed by atoms with Crippen LogP contribution in [0.4, 0.5) is 0 Å². The summed E-state index contributed by atoms with van der Waals surface area (Å²) in [6.07, 6.45) is 1.70. The van der Waals surface area contributed by atoms with Crippen LogP contribution in [-0.2, 0) is 11.3 Å². The summed E-state index contributed by atoms with van der Waals surface area (Å²) in [5.41, 5.74) is 7.05. The molecule has 0 unspecified atom stereocenters. The first kappa shape index (κ1) is 13.2. The van der Waals surface area contributed by atoms with Crippen molar-refractivity contribution >= 4 is 17.2 Å². The smallest absolute Gasteiger partial charge is 0.239 e. The van der Waals surface area contributed by atoms with Crippen molar-refractivity contribution in [3.05, 3.63) is 21.9 Å². The van der Waals surface area contributed by atoms with E-state index in [1.807, 2.05) is 14.0 Å². The molecule has 0 aliphatic rings. The predicted molar refractivity (Wildman–Crippen MR) is 68.4 cm³/mol. The number of rotatable bonds is 5. The third kappa shape index (κ3) is 3.32. The van der Waals surface area contributed by atoms with Gasteiger partial charge >= 0.3 is 0 Å². The number of hydrogen-bond donors (Lipinski definition) is 1. The van der Waals surface area contributed by atoms with Crippen LogP contribution in [0.5, 0.6) is 0 Å². The van der Waals surface area contributed by atoms with Crippen LogP contribution in [0.2, 0.25) is 0 Å². The highest BCUT2D eigenvalue weighted by Crippen LogP contribution is 2.17. The highest BCUT2D eigenvalue weighted by molar-refractivity contribution is 7.10. The zero-order chi connectivity index (χ0) is 12.1. The molecular weight excluding hydrogens is 220 g/mol. The van der Waals surface area contributed by atoms with E-state index in [-0.39, 0.29) is 11.9 Å². The fourth-order valence-electron chi connectivity index (χ4n) is 1.58. The summed E-state index contributed by atoms with van der Waals surface area (Å²) in [5, 5.41) is 2.05. The molecular formula is C12H20N2OS. The molecule has 0 aliphatic carbocycles. The Balaban J connectivity index is 2.55. The Kier molecular flexibility index (Phi) is 4.96. The first-order chi connectivity index (χ1) is 7.56. The summed E-state index contributed by atoms with van der Waals surface area (Å²) in [4.78, 5) is 14.8. The number of thiophene rings is 1. The maximum absolute atomic E-state index is 11.9. The molecule has 1 aromatic heterocycles. The van der Waals surface area contributed by atoms with E-state index >= 15 is 0 Å². The largest absolute Gasteiger partial charge is 0.339 e. The summed E-state index contributed by atoms with van der Waals surface area (Å²) in [5.74, 6) is 0.0367. The molecule has 0 aliphatic heterocycles. The average Bonchev–Trinajstić information content (AvgIpc) is 2.63. The fraction of sp³-hybridized carbons (Fsp3) is 0.583. The lowest BCUT2D eigenvalue weighted by molar-refractivity contribution is -0.131. The monoisotopic (exact) mass is 240 g/mol. The molecule has 1 heterocycles. The lowest BCUT2D eigenvalue weighted by atomic mass is 10.1. The quantitative estimate of drug-likeness (QED) is 0.857. The van der Waals surface area contributed by atoms with Crippen LogP contribution in [0, 0.1) is 6.92 Å². The first-order valence-corrected chi connectivity index (χ1v) is 6.47. The number of carbonyl (C=O) groups is 1. The van der Waals surface area contributed by atoms with Crippen LogP contribution >= 0.6 is 11.3 Å². The number of nitrogens with zero attached hydrogens (tertiary/aromatic N) is 1. The van der Waals surface area contributed by atoms with Crippen LogP contribution < -0.4 is 5.73 Å². The highest BCUT2D eigenvalue weighted by atomic mass is 32.1. The molecule has 0 saturated carbocycles. The SMILES string of the molecule is CCC[C@H](N)C(=O)N(C)Cc1sccc1C. The van der Waals surface area contributed by atoms with Gasteiger partial charge in [0, 0.05) is 11.9 Å². The topological polar surface area (TPSA) is 46.3 Å². The number of hydrogen-bond acceptors (Lipinski definition) is 3. The molecule has 3 nitrogen and oxygen atoms in total. The van der Waals surface area contributed by atoms with Gasteiger partial charge in [-0.15, -0.1) is 11.3 Å². The Morgan fingerprint density at radius 3 is 2.81 bits per heavy atom. The van der Waals surface area contributed by atoms with E-state index in [9.17, 15) is 4.79 Å². The Hall–Kier alpha value is -0.870. The molecule has 0 saturated heterocycles. The minimum Gasteiger partial charge on any atom is -0.339 e. The van der Waals surface area contributed by atoms with Crippen molar-refractivity contribution in [2.75, 3.05) is 7.05 Å². The molecule has 1 amide bonds. The van der Waals surface area contributed by atoms with Crippen LogP contribution in [-0.4, -0.2) is 23.9 Å². The van der Waals surface area contributed by atoms with Gasteiger partial charge in [0.05, 0.1) is 12.6 Å². The van der Waals surface area contributed by atoms with E-state index in [0.717, 1.165) is 12.8 Å². The molecule has 16 heavy (non-hydrogen) atoms. The number of amides is 1. The van der Waals surface area contributed by atoms with Crippen LogP contribution in [0.1, 0.15) is 30.2 Å². The molecule has 1 atom stereocenters. The third-order valence-electron chi connectivity index (χ3n) is 2.64. The summed E-state index contributed by atoms with van der Waals surface area (Å²) in [6.45, 7) is 4.77. The summed E-state index contributed by atoms with van der Waals surface area (Å²) < 4.78 is 0. The van der Waals surface area contributed by atoms with Crippen LogP contribution in [0.25, 0.3) is 0 Å². The van der Waals surface area contributed by atoms with Crippen LogP contribution in [0.3, 0.4) is 0 Å². The second-order valence-corrected chi connectivity index (χ2v) is 5.12. The molecule has 0 bridgehead atoms. The van der Waals surface area contributed by atoms with Gasteiger partial charge in [0.2, 0.25) is 5.91 Å². The van der Waals surface area contributed by atoms with Gasteiger partial charge < -0.3 is 10.6 Å². The van der Waals surface area contributed by atoms with Gasteiger partial charge in [-0.3, -0.25) is 4.79 Å². The van der Waals surface area contributed by atoms with E-state index in [0.29, 0.717) is 6.54 Å². The first-order valence-electron chi connectivity index (χ1n) is 5.59. The van der Waals surface area contributed by atoms with Gasteiger partial charge in [0.25, 0.3) is 0 Å². The molecule has 90 valence electrons. The third-order valence-corrected chi connectivity index (χ3v) is 3.65. The van der Waals surface area contributed by atoms with Crippen molar-refractivity contribution in [2.45, 2.75) is 39.3 Å². The number of aryl methyl sites for hydroxylation is 1. The molecule has 1 rings (SSSR count). The number of nitrogens with two attached hydrogens (primary N) is 1. The molecule has 0 fully saturated rings. The summed E-state index contributed by atoms with van der Waals surface area (Å²) >= 11 is 1.69. The maximum Gasteiger partial charge on any atom is 0.239 e. The Labute approximate surface area is 101 Å². The lowest BCUT2D eigenvalue weighted by Gasteiger charge is -2.20. The van der Waals surface area contributed by atoms with Gasteiger partial charge in [-0.25, -0.2) is 0 Å². The second kappa shape index (κ2) is 6.01. The van der Waals surface area contributed by atoms with Gasteiger partial charge in [0.15, 0.2) is 0 Å². The molecule has 0 radical (unpaired) electrons. The minimum absolute atomic E-state index is 0.0367. The average molecular weight is 240 g/mol. The molecule has 2 N–H and O–H groups in total. The summed E-state index contributed by atoms with van der Waals surface area (Å²) in [7, 11) is 1.82. The Morgan fingerprint density at radius 2 is 2.31 bits per heavy atom. The van der Waals surface area contributed by atoms with Crippen molar-refractivity contribution < 1.29 is 4.79 Å². The normalized spacial score (nSPS) is 12.5. The van der Waals surface area contributed by atoms with Crippen molar-refractivity contribution in [3.8, 4) is 0 Å². The zero-order valence-electron chi connectivity index (χ0n) is 10.2. The Bertz CT molecular complexity index is 349. The van der Waals surface area contributed by atoms with E-state index in [4.69, 9.17) is 5.73 Å². The van der Waals surface area contributed by atoms with Gasteiger partial charge in [-0.2, -0.15) is 0 Å². The van der Waals surface area contributed by atoms with Crippen LogP contribution in [0.15, 0.2) is 11.4 Å². The molecule has 0 spiro atoms. The number of carbonyl (C=O) groups excluding carboxylic acids is 1. The molecule has 4 heteroatoms. The van der Waals surface area contributed by atoms with Crippen molar-refractivity contribution in [1.82, 2.24) is 4.90 Å². The molecule has 1 aromatic rings. The van der Waals surface area contributed by atoms with E-state index in [1.165, 1.54) is 10.4 Å². The van der Waals surface area contributed by atoms with Crippen molar-refractivity contribution in [3.63, 3.8) is 0 Å². The van der Waals surface area contributed by atoms with Gasteiger partial charge in [-0.1, -0.05) is 13.3 Å². The standard InChI is InChI=1S/C12H20N2OS/c1-4-5-10(13)12(15)14(3)8-11-9(2)6-7-16-11/h6-7,10H,4-5,8,13H2,1-3H3/t10-/m0/s1. The fourth-order valence-corrected chi connectivity index (χ4v) is 2.54. The predicted octanol–water partition coefficient (Wildman–Crippen LogP) is 2.14. The summed E-state index contributed by atoms with van der Waals surface area (Å²) in [6, 6.07) is 1.72. The van der Waals surface area contributed by atoms with E-state index in [1.54, 1.807) is 16.2 Å². The number of likely N-dealkylation sites (N-methyl/N-ethyl adjacent to an activating group) is 1. The maximum atomic E-state index is 11.9. The van der Waals surface area contributed by atoms with Crippen molar-refractivity contribution in [2.24, 2.45) is 5.73 Å². The molecule has 0 aromatic carbocycles. The van der Waals surface area contributed by atoms with Gasteiger partial charge in [-0.05, 0) is 30.4 Å². The van der Waals surface area contributed by atoms with Gasteiger partial charge in [0.1, 0.15) is 0 Å². The Morgan fingerprint density at radius 1 is 1.62 bits per heavy atom. The second-order valence-electron chi connectivity index (χ2n) is 4.12. The minimum atomic E-state index is -0.352. The highest BCUT2D eigenvalue weighted by Gasteiger charge is 2.17. The van der Waals surface area contributed by atoms with E-state index < -0.39 is 0 Å². The van der Waals surface area contributed by atoms with E-state index in [2.05, 4.69) is 18.4 Å². The lowest BCUT2D eigenvalue weighted by Crippen LogP contribution is -2.41. The van der Waals surface area contributed by atoms with Crippen molar-refractivity contribution in [1.29, 1.82) is 0 Å².